The lowest BCUT2D eigenvalue weighted by Crippen LogP contribution is -2.48. The predicted molar refractivity (Wildman–Crippen MR) is 115 cm³/mol. The van der Waals surface area contributed by atoms with E-state index in [1.807, 2.05) is 47.5 Å². The normalized spacial score (nSPS) is 16.4. The van der Waals surface area contributed by atoms with Gasteiger partial charge in [0.15, 0.2) is 5.13 Å². The van der Waals surface area contributed by atoms with Crippen molar-refractivity contribution in [2.75, 3.05) is 4.90 Å². The van der Waals surface area contributed by atoms with E-state index in [0.29, 0.717) is 18.9 Å². The van der Waals surface area contributed by atoms with Gasteiger partial charge in [-0.2, -0.15) is 10.5 Å². The molecule has 0 spiro atoms. The zero-order valence-corrected chi connectivity index (χ0v) is 16.7. The number of para-hydroxylation sites is 1. The van der Waals surface area contributed by atoms with Crippen LogP contribution in [-0.4, -0.2) is 22.0 Å². The quantitative estimate of drug-likeness (QED) is 0.709. The third-order valence-corrected chi connectivity index (χ3v) is 5.05. The number of rotatable bonds is 4. The zero-order chi connectivity index (χ0) is 20.5. The number of fused-ring (bicyclic) bond motifs is 1. The number of nitrogens with one attached hydrogen (secondary N) is 1. The zero-order valence-electron chi connectivity index (χ0n) is 15.9. The topological polar surface area (TPSA) is 101 Å². The lowest BCUT2D eigenvalue weighted by Gasteiger charge is -2.32. The Morgan fingerprint density at radius 3 is 2.79 bits per heavy atom. The van der Waals surface area contributed by atoms with Crippen molar-refractivity contribution in [3.05, 3.63) is 66.6 Å². The summed E-state index contributed by atoms with van der Waals surface area (Å²) in [6.07, 6.45) is 7.72. The maximum absolute atomic E-state index is 9.22. The van der Waals surface area contributed by atoms with Gasteiger partial charge in [-0.1, -0.05) is 29.5 Å². The monoisotopic (exact) mass is 401 g/mol. The molecule has 29 heavy (non-hydrogen) atoms. The van der Waals surface area contributed by atoms with Crippen LogP contribution >= 0.6 is 11.3 Å². The van der Waals surface area contributed by atoms with Crippen molar-refractivity contribution in [3.63, 3.8) is 0 Å². The molecule has 0 fully saturated rings. The van der Waals surface area contributed by atoms with Crippen LogP contribution < -0.4 is 10.2 Å². The molecular formula is C21H19N7S. The van der Waals surface area contributed by atoms with Crippen molar-refractivity contribution < 1.29 is 0 Å². The molecule has 0 saturated carbocycles. The molecule has 144 valence electrons. The van der Waals surface area contributed by atoms with Crippen molar-refractivity contribution in [1.29, 1.82) is 10.5 Å². The highest BCUT2D eigenvalue weighted by Gasteiger charge is 2.27. The summed E-state index contributed by atoms with van der Waals surface area (Å²) in [6, 6.07) is 15.8. The van der Waals surface area contributed by atoms with Crippen LogP contribution in [0.15, 0.2) is 66.1 Å². The van der Waals surface area contributed by atoms with Crippen LogP contribution in [0.3, 0.4) is 0 Å². The molecule has 0 aliphatic carbocycles. The van der Waals surface area contributed by atoms with Crippen LogP contribution in [0.25, 0.3) is 10.2 Å². The minimum absolute atomic E-state index is 0.102. The number of nitriles is 2. The number of guanidine groups is 1. The van der Waals surface area contributed by atoms with Crippen LogP contribution in [0.2, 0.25) is 0 Å². The Morgan fingerprint density at radius 2 is 2.07 bits per heavy atom. The molecule has 3 heterocycles. The Kier molecular flexibility index (Phi) is 6.88. The van der Waals surface area contributed by atoms with Gasteiger partial charge in [0.2, 0.25) is 5.96 Å². The molecule has 2 aromatic heterocycles. The van der Waals surface area contributed by atoms with Crippen LogP contribution in [-0.2, 0) is 6.54 Å². The van der Waals surface area contributed by atoms with Gasteiger partial charge in [0.1, 0.15) is 0 Å². The largest absolute Gasteiger partial charge is 0.333 e. The molecule has 8 heteroatoms. The van der Waals surface area contributed by atoms with Gasteiger partial charge in [0.25, 0.3) is 0 Å². The highest BCUT2D eigenvalue weighted by molar-refractivity contribution is 7.22. The van der Waals surface area contributed by atoms with Gasteiger partial charge in [-0.3, -0.25) is 9.88 Å². The summed E-state index contributed by atoms with van der Waals surface area (Å²) >= 11 is 1.60. The summed E-state index contributed by atoms with van der Waals surface area (Å²) in [6.45, 7) is 1.94. The number of benzene rings is 1. The van der Waals surface area contributed by atoms with E-state index in [1.165, 1.54) is 6.92 Å². The molecule has 7 nitrogen and oxygen atoms in total. The molecular weight excluding hydrogens is 382 g/mol. The summed E-state index contributed by atoms with van der Waals surface area (Å²) < 4.78 is 1.11. The number of hydrogen-bond donors (Lipinski definition) is 1. The lowest BCUT2D eigenvalue weighted by molar-refractivity contribution is 0.770. The van der Waals surface area contributed by atoms with E-state index in [9.17, 15) is 5.26 Å². The van der Waals surface area contributed by atoms with E-state index in [4.69, 9.17) is 15.2 Å². The average molecular weight is 401 g/mol. The fraction of sp³-hybridized carbons (Fsp3) is 0.190. The summed E-state index contributed by atoms with van der Waals surface area (Å²) in [7, 11) is 0. The van der Waals surface area contributed by atoms with Crippen LogP contribution in [0.1, 0.15) is 18.9 Å². The van der Waals surface area contributed by atoms with Crippen molar-refractivity contribution in [3.8, 4) is 12.1 Å². The Labute approximate surface area is 173 Å². The first-order valence-corrected chi connectivity index (χ1v) is 9.77. The molecule has 0 radical (unpaired) electrons. The van der Waals surface area contributed by atoms with Gasteiger partial charge in [-0.05, 0) is 29.8 Å². The summed E-state index contributed by atoms with van der Waals surface area (Å²) in [5.41, 5.74) is 1.97. The van der Waals surface area contributed by atoms with Gasteiger partial charge in [-0.25, -0.2) is 9.98 Å². The fourth-order valence-electron chi connectivity index (χ4n) is 2.77. The molecule has 0 amide bonds. The summed E-state index contributed by atoms with van der Waals surface area (Å²) in [5, 5.41) is 20.6. The number of anilines is 1. The molecule has 0 saturated heterocycles. The third-order valence-electron chi connectivity index (χ3n) is 4.01. The smallest absolute Gasteiger partial charge is 0.205 e. The van der Waals surface area contributed by atoms with E-state index in [-0.39, 0.29) is 6.04 Å². The maximum Gasteiger partial charge on any atom is 0.205 e. The lowest BCUT2D eigenvalue weighted by atomic mass is 10.2. The first-order chi connectivity index (χ1) is 14.3. The van der Waals surface area contributed by atoms with Crippen LogP contribution in [0.4, 0.5) is 5.13 Å². The van der Waals surface area contributed by atoms with Gasteiger partial charge in [-0.15, -0.1) is 0 Å². The van der Waals surface area contributed by atoms with Crippen LogP contribution in [0, 0.1) is 22.7 Å². The maximum atomic E-state index is 9.22. The van der Waals surface area contributed by atoms with E-state index >= 15 is 0 Å². The Morgan fingerprint density at radius 1 is 1.24 bits per heavy atom. The molecule has 1 aliphatic heterocycles. The average Bonchev–Trinajstić information content (AvgIpc) is 3.18. The number of thiazole rings is 1. The molecule has 1 atom stereocenters. The SMILES string of the molecule is CC#N.N#CCC1C=CNC(=NCc2cccnc2)N1c1nc2ccccc2s1. The van der Waals surface area contributed by atoms with Crippen molar-refractivity contribution in [1.82, 2.24) is 15.3 Å². The first kappa shape index (κ1) is 20.0. The van der Waals surface area contributed by atoms with Crippen molar-refractivity contribution in [2.45, 2.75) is 25.9 Å². The van der Waals surface area contributed by atoms with Crippen molar-refractivity contribution >= 4 is 32.6 Å². The van der Waals surface area contributed by atoms with Gasteiger partial charge in [0.05, 0.1) is 41.4 Å². The van der Waals surface area contributed by atoms with E-state index in [2.05, 4.69) is 22.4 Å². The molecule has 3 aromatic rings. The molecule has 4 rings (SSSR count). The van der Waals surface area contributed by atoms with Gasteiger partial charge in [0, 0.05) is 25.5 Å². The second-order valence-corrected chi connectivity index (χ2v) is 7.00. The first-order valence-electron chi connectivity index (χ1n) is 8.96. The Bertz CT molecular complexity index is 1060. The molecule has 1 N–H and O–H groups in total. The second kappa shape index (κ2) is 9.98. The fourth-order valence-corrected chi connectivity index (χ4v) is 3.80. The molecule has 1 unspecified atom stereocenters. The van der Waals surface area contributed by atoms with Crippen molar-refractivity contribution in [2.24, 2.45) is 4.99 Å². The Hall–Kier alpha value is -3.75. The highest BCUT2D eigenvalue weighted by Crippen LogP contribution is 2.31. The number of hydrogen-bond acceptors (Lipinski definition) is 6. The minimum Gasteiger partial charge on any atom is -0.333 e. The van der Waals surface area contributed by atoms with E-state index in [1.54, 1.807) is 29.8 Å². The minimum atomic E-state index is -0.102. The standard InChI is InChI=1S/C19H16N6S.C2H3N/c20-9-7-15-8-11-22-18(23-13-14-4-3-10-21-12-14)25(15)19-24-16-5-1-2-6-17(16)26-19;1-2-3/h1-6,8,10-12,15H,7,13H2,(H,22,23);1H3. The second-order valence-electron chi connectivity index (χ2n) is 5.99. The number of nitrogens with zero attached hydrogens (tertiary/aromatic N) is 6. The third kappa shape index (κ3) is 4.95. The Balaban J connectivity index is 0.000000755. The predicted octanol–water partition coefficient (Wildman–Crippen LogP) is 3.98. The van der Waals surface area contributed by atoms with Crippen LogP contribution in [0.5, 0.6) is 0 Å². The molecule has 0 bridgehead atoms. The van der Waals surface area contributed by atoms with E-state index < -0.39 is 0 Å². The number of aliphatic imine (C=N–C) groups is 1. The summed E-state index contributed by atoms with van der Waals surface area (Å²) in [5.74, 6) is 0.690. The summed E-state index contributed by atoms with van der Waals surface area (Å²) in [4.78, 5) is 15.6. The van der Waals surface area contributed by atoms with E-state index in [0.717, 1.165) is 20.9 Å². The molecule has 1 aromatic carbocycles. The highest BCUT2D eigenvalue weighted by atomic mass is 32.1. The van der Waals surface area contributed by atoms with Gasteiger partial charge >= 0.3 is 0 Å². The van der Waals surface area contributed by atoms with Gasteiger partial charge < -0.3 is 5.32 Å². The number of aromatic nitrogens is 2. The number of pyridine rings is 1. The molecule has 1 aliphatic rings.